The fraction of sp³-hybridized carbons (Fsp3) is 0.0357. The molecule has 0 aliphatic heterocycles. The van der Waals surface area contributed by atoms with Gasteiger partial charge in [-0.25, -0.2) is 4.39 Å². The van der Waals surface area contributed by atoms with E-state index >= 15 is 0 Å². The van der Waals surface area contributed by atoms with Crippen molar-refractivity contribution in [3.05, 3.63) is 114 Å². The Hall–Kier alpha value is -4.58. The molecule has 2 heterocycles. The summed E-state index contributed by atoms with van der Waals surface area (Å²) in [5.41, 5.74) is 4.15. The lowest BCUT2D eigenvalue weighted by atomic mass is 10.0. The number of pyridine rings is 2. The summed E-state index contributed by atoms with van der Waals surface area (Å²) in [5, 5.41) is 4.07. The van der Waals surface area contributed by atoms with Crippen molar-refractivity contribution in [3.8, 4) is 28.1 Å². The zero-order chi connectivity index (χ0) is 23.5. The Morgan fingerprint density at radius 2 is 1.62 bits per heavy atom. The summed E-state index contributed by atoms with van der Waals surface area (Å²) >= 11 is 0. The highest BCUT2D eigenvalue weighted by atomic mass is 19.1. The predicted octanol–water partition coefficient (Wildman–Crippen LogP) is 5.63. The number of alkyl halides is 1. The Kier molecular flexibility index (Phi) is 5.70. The standard InChI is InChI=1S/C28H20FN3O2/c29-18-27(33)31-25-11-4-3-9-23(25)20-7-5-8-22(16-20)32-26(19-12-14-30-15-13-19)17-21-6-1-2-10-24(21)28(32)34/h1-17H,18H2,(H,31,33). The molecule has 0 saturated heterocycles. The third kappa shape index (κ3) is 3.97. The molecule has 0 bridgehead atoms. The van der Waals surface area contributed by atoms with Gasteiger partial charge in [-0.2, -0.15) is 0 Å². The number of aromatic nitrogens is 2. The molecule has 0 aliphatic carbocycles. The van der Waals surface area contributed by atoms with Crippen molar-refractivity contribution >= 4 is 22.4 Å². The minimum Gasteiger partial charge on any atom is -0.323 e. The quantitative estimate of drug-likeness (QED) is 0.378. The highest BCUT2D eigenvalue weighted by Crippen LogP contribution is 2.31. The minimum absolute atomic E-state index is 0.138. The number of rotatable bonds is 5. The van der Waals surface area contributed by atoms with Gasteiger partial charge in [0.05, 0.1) is 5.69 Å². The average Bonchev–Trinajstić information content (AvgIpc) is 2.89. The Morgan fingerprint density at radius 3 is 2.44 bits per heavy atom. The molecule has 5 aromatic rings. The van der Waals surface area contributed by atoms with E-state index in [4.69, 9.17) is 0 Å². The summed E-state index contributed by atoms with van der Waals surface area (Å²) in [6.07, 6.45) is 3.39. The first-order chi connectivity index (χ1) is 16.7. The largest absolute Gasteiger partial charge is 0.323 e. The van der Waals surface area contributed by atoms with Crippen LogP contribution in [0.3, 0.4) is 0 Å². The predicted molar refractivity (Wildman–Crippen MR) is 133 cm³/mol. The summed E-state index contributed by atoms with van der Waals surface area (Å²) in [5.74, 6) is -0.714. The number of amides is 1. The second-order valence-electron chi connectivity index (χ2n) is 7.77. The first-order valence-corrected chi connectivity index (χ1v) is 10.8. The Balaban J connectivity index is 1.73. The van der Waals surface area contributed by atoms with Crippen LogP contribution in [-0.2, 0) is 4.79 Å². The van der Waals surface area contributed by atoms with Gasteiger partial charge >= 0.3 is 0 Å². The molecule has 3 aromatic carbocycles. The van der Waals surface area contributed by atoms with Gasteiger partial charge < -0.3 is 5.32 Å². The first kappa shape index (κ1) is 21.3. The maximum atomic E-state index is 13.7. The summed E-state index contributed by atoms with van der Waals surface area (Å²) in [6.45, 7) is -1.10. The number of halogens is 1. The fourth-order valence-electron chi connectivity index (χ4n) is 4.09. The van der Waals surface area contributed by atoms with Gasteiger partial charge in [-0.15, -0.1) is 0 Å². The maximum absolute atomic E-state index is 13.7. The number of hydrogen-bond donors (Lipinski definition) is 1. The molecule has 6 heteroatoms. The number of para-hydroxylation sites is 1. The van der Waals surface area contributed by atoms with Crippen molar-refractivity contribution in [2.45, 2.75) is 0 Å². The first-order valence-electron chi connectivity index (χ1n) is 10.8. The van der Waals surface area contributed by atoms with Crippen LogP contribution in [0.2, 0.25) is 0 Å². The highest BCUT2D eigenvalue weighted by molar-refractivity contribution is 5.96. The van der Waals surface area contributed by atoms with E-state index in [2.05, 4.69) is 10.3 Å². The molecule has 0 atom stereocenters. The third-order valence-electron chi connectivity index (χ3n) is 5.64. The zero-order valence-corrected chi connectivity index (χ0v) is 18.1. The Bertz CT molecular complexity index is 1560. The molecule has 0 fully saturated rings. The van der Waals surface area contributed by atoms with E-state index in [9.17, 15) is 14.0 Å². The smallest absolute Gasteiger partial charge is 0.263 e. The van der Waals surface area contributed by atoms with Gasteiger partial charge in [0, 0.05) is 40.3 Å². The van der Waals surface area contributed by atoms with Gasteiger partial charge in [0.25, 0.3) is 11.5 Å². The topological polar surface area (TPSA) is 64.0 Å². The van der Waals surface area contributed by atoms with Gasteiger partial charge in [-0.05, 0) is 53.4 Å². The van der Waals surface area contributed by atoms with Gasteiger partial charge in [0.15, 0.2) is 6.67 Å². The zero-order valence-electron chi connectivity index (χ0n) is 18.1. The second kappa shape index (κ2) is 9.11. The van der Waals surface area contributed by atoms with Gasteiger partial charge in [-0.1, -0.05) is 48.5 Å². The fourth-order valence-corrected chi connectivity index (χ4v) is 4.09. The van der Waals surface area contributed by atoms with E-state index in [0.717, 1.165) is 27.8 Å². The summed E-state index contributed by atoms with van der Waals surface area (Å²) in [4.78, 5) is 29.5. The van der Waals surface area contributed by atoms with E-state index < -0.39 is 12.6 Å². The summed E-state index contributed by atoms with van der Waals surface area (Å²) in [6, 6.07) is 27.9. The molecule has 0 unspecified atom stereocenters. The van der Waals surface area contributed by atoms with Gasteiger partial charge in [0.1, 0.15) is 0 Å². The molecule has 0 spiro atoms. The molecule has 5 rings (SSSR count). The number of nitrogens with one attached hydrogen (secondary N) is 1. The highest BCUT2D eigenvalue weighted by Gasteiger charge is 2.14. The molecule has 5 nitrogen and oxygen atoms in total. The van der Waals surface area contributed by atoms with Gasteiger partial charge in [-0.3, -0.25) is 19.1 Å². The normalized spacial score (nSPS) is 10.9. The Morgan fingerprint density at radius 1 is 0.853 bits per heavy atom. The van der Waals surface area contributed by atoms with Crippen molar-refractivity contribution in [1.82, 2.24) is 9.55 Å². The number of hydrogen-bond acceptors (Lipinski definition) is 3. The van der Waals surface area contributed by atoms with E-state index in [1.807, 2.05) is 78.9 Å². The van der Waals surface area contributed by atoms with E-state index in [-0.39, 0.29) is 5.56 Å². The van der Waals surface area contributed by atoms with Crippen molar-refractivity contribution in [3.63, 3.8) is 0 Å². The van der Waals surface area contributed by atoms with Crippen molar-refractivity contribution < 1.29 is 9.18 Å². The van der Waals surface area contributed by atoms with Crippen LogP contribution in [0, 0.1) is 0 Å². The maximum Gasteiger partial charge on any atom is 0.263 e. The molecule has 0 saturated carbocycles. The van der Waals surface area contributed by atoms with E-state index in [1.165, 1.54) is 0 Å². The summed E-state index contributed by atoms with van der Waals surface area (Å²) < 4.78 is 14.5. The number of carbonyl (C=O) groups is 1. The molecule has 34 heavy (non-hydrogen) atoms. The van der Waals surface area contributed by atoms with Crippen molar-refractivity contribution in [2.24, 2.45) is 0 Å². The molecular formula is C28H20FN3O2. The van der Waals surface area contributed by atoms with E-state index in [0.29, 0.717) is 16.8 Å². The molecule has 2 aromatic heterocycles. The third-order valence-corrected chi connectivity index (χ3v) is 5.64. The molecule has 0 aliphatic rings. The van der Waals surface area contributed by atoms with Crippen LogP contribution in [0.25, 0.3) is 38.8 Å². The molecule has 1 N–H and O–H groups in total. The van der Waals surface area contributed by atoms with Crippen molar-refractivity contribution in [2.75, 3.05) is 12.0 Å². The lowest BCUT2D eigenvalue weighted by molar-refractivity contribution is -0.117. The summed E-state index contributed by atoms with van der Waals surface area (Å²) in [7, 11) is 0. The lowest BCUT2D eigenvalue weighted by Gasteiger charge is -2.17. The van der Waals surface area contributed by atoms with Crippen LogP contribution in [-0.4, -0.2) is 22.1 Å². The van der Waals surface area contributed by atoms with Crippen molar-refractivity contribution in [1.29, 1.82) is 0 Å². The van der Waals surface area contributed by atoms with Gasteiger partial charge in [0.2, 0.25) is 0 Å². The number of benzene rings is 3. The van der Waals surface area contributed by atoms with Crippen LogP contribution < -0.4 is 10.9 Å². The van der Waals surface area contributed by atoms with Crippen LogP contribution in [0.5, 0.6) is 0 Å². The number of fused-ring (bicyclic) bond motifs is 1. The molecular weight excluding hydrogens is 429 g/mol. The van der Waals surface area contributed by atoms with Crippen LogP contribution >= 0.6 is 0 Å². The lowest BCUT2D eigenvalue weighted by Crippen LogP contribution is -2.20. The molecule has 0 radical (unpaired) electrons. The minimum atomic E-state index is -1.10. The second-order valence-corrected chi connectivity index (χ2v) is 7.77. The molecule has 1 amide bonds. The van der Waals surface area contributed by atoms with Crippen LogP contribution in [0.4, 0.5) is 10.1 Å². The van der Waals surface area contributed by atoms with E-state index in [1.54, 1.807) is 29.1 Å². The SMILES string of the molecule is O=C(CF)Nc1ccccc1-c1cccc(-n2c(-c3ccncc3)cc3ccccc3c2=O)c1. The monoisotopic (exact) mass is 449 g/mol. The van der Waals surface area contributed by atoms with Crippen LogP contribution in [0.1, 0.15) is 0 Å². The average molecular weight is 449 g/mol. The molecule has 166 valence electrons. The number of carbonyl (C=O) groups excluding carboxylic acids is 1. The van der Waals surface area contributed by atoms with Crippen LogP contribution in [0.15, 0.2) is 108 Å². The number of anilines is 1. The number of nitrogens with zero attached hydrogens (tertiary/aromatic N) is 2. The Labute approximate surface area is 195 Å².